The van der Waals surface area contributed by atoms with Crippen LogP contribution in [-0.4, -0.2) is 47.2 Å². The van der Waals surface area contributed by atoms with Gasteiger partial charge in [-0.05, 0) is 37.8 Å². The highest BCUT2D eigenvalue weighted by Crippen LogP contribution is 2.25. The highest BCUT2D eigenvalue weighted by molar-refractivity contribution is 5.80. The first kappa shape index (κ1) is 16.1. The van der Waals surface area contributed by atoms with Gasteiger partial charge in [0, 0.05) is 31.7 Å². The van der Waals surface area contributed by atoms with Crippen LogP contribution in [0.5, 0.6) is 0 Å². The quantitative estimate of drug-likeness (QED) is 0.865. The third-order valence-electron chi connectivity index (χ3n) is 5.23. The van der Waals surface area contributed by atoms with Crippen LogP contribution >= 0.6 is 0 Å². The molecule has 0 spiro atoms. The number of nitrogens with zero attached hydrogens (tertiary/aromatic N) is 4. The SMILES string of the molecule is O=C(C1CCCN(c2ccc(-c3ccccc3)nn2)C1)N1CCCC1. The summed E-state index contributed by atoms with van der Waals surface area (Å²) in [6.45, 7) is 3.57. The number of carbonyl (C=O) groups is 1. The van der Waals surface area contributed by atoms with Crippen LogP contribution < -0.4 is 4.90 Å². The zero-order valence-corrected chi connectivity index (χ0v) is 14.5. The molecule has 5 nitrogen and oxygen atoms in total. The van der Waals surface area contributed by atoms with Crippen LogP contribution in [0.4, 0.5) is 5.82 Å². The molecule has 5 heteroatoms. The number of benzene rings is 1. The molecule has 2 aromatic rings. The minimum atomic E-state index is 0.0995. The molecule has 1 atom stereocenters. The Labute approximate surface area is 148 Å². The summed E-state index contributed by atoms with van der Waals surface area (Å²) < 4.78 is 0. The first-order chi connectivity index (χ1) is 12.3. The second-order valence-corrected chi connectivity index (χ2v) is 6.96. The number of hydrogen-bond acceptors (Lipinski definition) is 4. The second kappa shape index (κ2) is 7.21. The highest BCUT2D eigenvalue weighted by atomic mass is 16.2. The van der Waals surface area contributed by atoms with E-state index >= 15 is 0 Å². The van der Waals surface area contributed by atoms with Gasteiger partial charge in [0.2, 0.25) is 5.91 Å². The summed E-state index contributed by atoms with van der Waals surface area (Å²) in [6, 6.07) is 14.1. The van der Waals surface area contributed by atoms with E-state index in [1.807, 2.05) is 47.4 Å². The number of carbonyl (C=O) groups excluding carboxylic acids is 1. The predicted octanol–water partition coefficient (Wildman–Crippen LogP) is 2.98. The van der Waals surface area contributed by atoms with Gasteiger partial charge in [-0.3, -0.25) is 4.79 Å². The van der Waals surface area contributed by atoms with Crippen molar-refractivity contribution in [1.29, 1.82) is 0 Å². The van der Waals surface area contributed by atoms with Crippen molar-refractivity contribution < 1.29 is 4.79 Å². The van der Waals surface area contributed by atoms with Crippen LogP contribution in [0.1, 0.15) is 25.7 Å². The maximum Gasteiger partial charge on any atom is 0.227 e. The molecule has 0 bridgehead atoms. The van der Waals surface area contributed by atoms with Crippen molar-refractivity contribution in [1.82, 2.24) is 15.1 Å². The summed E-state index contributed by atoms with van der Waals surface area (Å²) >= 11 is 0. The van der Waals surface area contributed by atoms with Crippen molar-refractivity contribution in [2.75, 3.05) is 31.1 Å². The van der Waals surface area contributed by atoms with E-state index in [2.05, 4.69) is 15.1 Å². The minimum absolute atomic E-state index is 0.0995. The largest absolute Gasteiger partial charge is 0.354 e. The normalized spacial score (nSPS) is 20.7. The van der Waals surface area contributed by atoms with Crippen LogP contribution in [0, 0.1) is 5.92 Å². The Morgan fingerprint density at radius 3 is 2.44 bits per heavy atom. The van der Waals surface area contributed by atoms with Gasteiger partial charge in [0.25, 0.3) is 0 Å². The fourth-order valence-electron chi connectivity index (χ4n) is 3.84. The van der Waals surface area contributed by atoms with Crippen LogP contribution in [0.3, 0.4) is 0 Å². The molecule has 2 aliphatic rings. The van der Waals surface area contributed by atoms with Crippen molar-refractivity contribution in [2.24, 2.45) is 5.92 Å². The molecule has 2 aliphatic heterocycles. The lowest BCUT2D eigenvalue weighted by Gasteiger charge is -2.34. The number of anilines is 1. The van der Waals surface area contributed by atoms with E-state index in [1.165, 1.54) is 0 Å². The van der Waals surface area contributed by atoms with Gasteiger partial charge in [-0.1, -0.05) is 30.3 Å². The molecule has 1 unspecified atom stereocenters. The summed E-state index contributed by atoms with van der Waals surface area (Å²) in [5.74, 6) is 1.30. The van der Waals surface area contributed by atoms with Gasteiger partial charge in [-0.2, -0.15) is 0 Å². The third-order valence-corrected chi connectivity index (χ3v) is 5.23. The molecular weight excluding hydrogens is 312 g/mol. The Bertz CT molecular complexity index is 710. The van der Waals surface area contributed by atoms with Crippen molar-refractivity contribution >= 4 is 11.7 Å². The van der Waals surface area contributed by atoms with Gasteiger partial charge >= 0.3 is 0 Å². The Morgan fingerprint density at radius 1 is 0.920 bits per heavy atom. The van der Waals surface area contributed by atoms with Gasteiger partial charge in [0.05, 0.1) is 11.6 Å². The van der Waals surface area contributed by atoms with Crippen molar-refractivity contribution in [3.63, 3.8) is 0 Å². The topological polar surface area (TPSA) is 49.3 Å². The number of likely N-dealkylation sites (tertiary alicyclic amines) is 1. The summed E-state index contributed by atoms with van der Waals surface area (Å²) in [5.41, 5.74) is 1.95. The smallest absolute Gasteiger partial charge is 0.227 e. The van der Waals surface area contributed by atoms with Gasteiger partial charge in [0.15, 0.2) is 5.82 Å². The number of rotatable bonds is 3. The standard InChI is InChI=1S/C20H24N4O/c25-20(23-12-4-5-13-23)17-9-6-14-24(15-17)19-11-10-18(21-22-19)16-7-2-1-3-8-16/h1-3,7-8,10-11,17H,4-6,9,12-15H2. The van der Waals surface area contributed by atoms with Crippen molar-refractivity contribution in [3.8, 4) is 11.3 Å². The molecule has 1 aromatic carbocycles. The van der Waals surface area contributed by atoms with Gasteiger partial charge in [0.1, 0.15) is 0 Å². The van der Waals surface area contributed by atoms with E-state index in [1.54, 1.807) is 0 Å². The number of hydrogen-bond donors (Lipinski definition) is 0. The Morgan fingerprint density at radius 2 is 1.72 bits per heavy atom. The highest BCUT2D eigenvalue weighted by Gasteiger charge is 2.31. The van der Waals surface area contributed by atoms with E-state index in [9.17, 15) is 4.79 Å². The molecule has 1 amide bonds. The first-order valence-electron chi connectivity index (χ1n) is 9.24. The van der Waals surface area contributed by atoms with Gasteiger partial charge in [-0.15, -0.1) is 10.2 Å². The average Bonchev–Trinajstić information content (AvgIpc) is 3.23. The molecule has 0 N–H and O–H groups in total. The Hall–Kier alpha value is -2.43. The summed E-state index contributed by atoms with van der Waals surface area (Å²) in [5, 5.41) is 8.81. The van der Waals surface area contributed by atoms with Crippen LogP contribution in [0.15, 0.2) is 42.5 Å². The Kier molecular flexibility index (Phi) is 4.63. The number of aromatic nitrogens is 2. The summed E-state index contributed by atoms with van der Waals surface area (Å²) in [6.07, 6.45) is 4.32. The van der Waals surface area contributed by atoms with Crippen molar-refractivity contribution in [2.45, 2.75) is 25.7 Å². The minimum Gasteiger partial charge on any atom is -0.354 e. The van der Waals surface area contributed by atoms with Gasteiger partial charge in [-0.25, -0.2) is 0 Å². The predicted molar refractivity (Wildman–Crippen MR) is 98.2 cm³/mol. The molecule has 1 aromatic heterocycles. The molecule has 0 saturated carbocycles. The van der Waals surface area contributed by atoms with Crippen molar-refractivity contribution in [3.05, 3.63) is 42.5 Å². The third kappa shape index (κ3) is 3.50. The van der Waals surface area contributed by atoms with Crippen LogP contribution in [0.25, 0.3) is 11.3 Å². The molecule has 0 radical (unpaired) electrons. The molecule has 2 saturated heterocycles. The maximum absolute atomic E-state index is 12.7. The molecule has 4 rings (SSSR count). The monoisotopic (exact) mass is 336 g/mol. The second-order valence-electron chi connectivity index (χ2n) is 6.96. The lowest BCUT2D eigenvalue weighted by atomic mass is 9.96. The molecule has 2 fully saturated rings. The maximum atomic E-state index is 12.7. The average molecular weight is 336 g/mol. The molecular formula is C20H24N4O. The fourth-order valence-corrected chi connectivity index (χ4v) is 3.84. The summed E-state index contributed by atoms with van der Waals surface area (Å²) in [4.78, 5) is 16.9. The van der Waals surface area contributed by atoms with E-state index in [-0.39, 0.29) is 5.92 Å². The molecule has 3 heterocycles. The van der Waals surface area contributed by atoms with Crippen LogP contribution in [-0.2, 0) is 4.79 Å². The van der Waals surface area contributed by atoms with E-state index in [0.29, 0.717) is 5.91 Å². The molecule has 0 aliphatic carbocycles. The van der Waals surface area contributed by atoms with Crippen LogP contribution in [0.2, 0.25) is 0 Å². The molecule has 25 heavy (non-hydrogen) atoms. The fraction of sp³-hybridized carbons (Fsp3) is 0.450. The summed E-state index contributed by atoms with van der Waals surface area (Å²) in [7, 11) is 0. The lowest BCUT2D eigenvalue weighted by molar-refractivity contribution is -0.134. The Balaban J connectivity index is 1.45. The zero-order chi connectivity index (χ0) is 17.1. The van der Waals surface area contributed by atoms with E-state index in [4.69, 9.17) is 0 Å². The lowest BCUT2D eigenvalue weighted by Crippen LogP contribution is -2.44. The number of piperidine rings is 1. The first-order valence-corrected chi connectivity index (χ1v) is 9.24. The van der Waals surface area contributed by atoms with E-state index < -0.39 is 0 Å². The van der Waals surface area contributed by atoms with E-state index in [0.717, 1.165) is 68.9 Å². The molecule has 130 valence electrons. The van der Waals surface area contributed by atoms with Gasteiger partial charge < -0.3 is 9.80 Å². The zero-order valence-electron chi connectivity index (χ0n) is 14.5. The number of amides is 1.